The van der Waals surface area contributed by atoms with Crippen LogP contribution in [0.5, 0.6) is 0 Å². The summed E-state index contributed by atoms with van der Waals surface area (Å²) in [6.45, 7) is 2.52. The average molecular weight is 266 g/mol. The Bertz CT molecular complexity index is 392. The molecule has 5 heteroatoms. The molecule has 0 fully saturated rings. The van der Waals surface area contributed by atoms with E-state index in [0.29, 0.717) is 0 Å². The van der Waals surface area contributed by atoms with E-state index >= 15 is 0 Å². The van der Waals surface area contributed by atoms with Crippen LogP contribution in [0.2, 0.25) is 0 Å². The summed E-state index contributed by atoms with van der Waals surface area (Å²) in [7, 11) is 3.15. The lowest BCUT2D eigenvalue weighted by molar-refractivity contribution is 0.0501. The van der Waals surface area contributed by atoms with Gasteiger partial charge in [0.2, 0.25) is 0 Å². The van der Waals surface area contributed by atoms with Crippen LogP contribution in [0.4, 0.5) is 10.5 Å². The number of likely N-dealkylation sites (N-methyl/N-ethyl adjacent to an activating group) is 1. The van der Waals surface area contributed by atoms with Crippen molar-refractivity contribution in [3.05, 3.63) is 29.8 Å². The van der Waals surface area contributed by atoms with Gasteiger partial charge in [-0.2, -0.15) is 0 Å². The predicted octanol–water partition coefficient (Wildman–Crippen LogP) is 1.72. The van der Waals surface area contributed by atoms with E-state index in [1.807, 2.05) is 24.3 Å². The number of urea groups is 1. The third kappa shape index (κ3) is 5.28. The zero-order valence-corrected chi connectivity index (χ0v) is 11.7. The minimum Gasteiger partial charge on any atom is -0.389 e. The molecule has 0 saturated heterocycles. The number of hydrogen-bond donors (Lipinski definition) is 2. The van der Waals surface area contributed by atoms with Crippen LogP contribution in [-0.2, 0) is 11.2 Å². The number of benzene rings is 1. The summed E-state index contributed by atoms with van der Waals surface area (Å²) in [5, 5.41) is 12.3. The van der Waals surface area contributed by atoms with E-state index < -0.39 is 6.10 Å². The van der Waals surface area contributed by atoms with Gasteiger partial charge < -0.3 is 20.1 Å². The Morgan fingerprint density at radius 3 is 2.58 bits per heavy atom. The van der Waals surface area contributed by atoms with Crippen molar-refractivity contribution in [1.82, 2.24) is 4.90 Å². The maximum absolute atomic E-state index is 11.9. The molecule has 1 unspecified atom stereocenters. The number of carbonyl (C=O) groups is 1. The van der Waals surface area contributed by atoms with Crippen LogP contribution in [0.25, 0.3) is 0 Å². The highest BCUT2D eigenvalue weighted by Crippen LogP contribution is 2.10. The summed E-state index contributed by atoms with van der Waals surface area (Å²) in [4.78, 5) is 13.3. The van der Waals surface area contributed by atoms with Crippen LogP contribution in [0.15, 0.2) is 24.3 Å². The third-order valence-electron chi connectivity index (χ3n) is 2.80. The number of nitrogens with zero attached hydrogens (tertiary/aromatic N) is 1. The van der Waals surface area contributed by atoms with E-state index in [-0.39, 0.29) is 19.2 Å². The minimum atomic E-state index is -0.678. The number of aliphatic hydroxyl groups is 1. The summed E-state index contributed by atoms with van der Waals surface area (Å²) >= 11 is 0. The molecule has 0 saturated carbocycles. The molecule has 0 bridgehead atoms. The molecule has 1 aromatic carbocycles. The van der Waals surface area contributed by atoms with E-state index in [0.717, 1.165) is 12.1 Å². The second kappa shape index (κ2) is 7.76. The molecule has 5 nitrogen and oxygen atoms in total. The van der Waals surface area contributed by atoms with Crippen LogP contribution in [0, 0.1) is 0 Å². The fraction of sp³-hybridized carbons (Fsp3) is 0.500. The molecule has 0 spiro atoms. The van der Waals surface area contributed by atoms with Crippen molar-refractivity contribution in [3.63, 3.8) is 0 Å². The smallest absolute Gasteiger partial charge is 0.321 e. The summed E-state index contributed by atoms with van der Waals surface area (Å²) in [6.07, 6.45) is 0.292. The number of amides is 2. The van der Waals surface area contributed by atoms with Crippen LogP contribution >= 0.6 is 0 Å². The predicted molar refractivity (Wildman–Crippen MR) is 75.4 cm³/mol. The Hall–Kier alpha value is -1.59. The Kier molecular flexibility index (Phi) is 6.32. The molecule has 0 aromatic heterocycles. The monoisotopic (exact) mass is 266 g/mol. The number of aliphatic hydroxyl groups excluding tert-OH is 1. The number of nitrogens with one attached hydrogen (secondary N) is 1. The second-order valence-electron chi connectivity index (χ2n) is 4.47. The summed E-state index contributed by atoms with van der Waals surface area (Å²) in [5.74, 6) is 0. The van der Waals surface area contributed by atoms with Gasteiger partial charge in [-0.15, -0.1) is 0 Å². The first kappa shape index (κ1) is 15.5. The van der Waals surface area contributed by atoms with Crippen molar-refractivity contribution in [2.24, 2.45) is 0 Å². The molecule has 1 rings (SSSR count). The molecule has 106 valence electrons. The number of methoxy groups -OCH3 is 1. The summed E-state index contributed by atoms with van der Waals surface area (Å²) < 4.78 is 4.82. The molecule has 0 heterocycles. The third-order valence-corrected chi connectivity index (χ3v) is 2.80. The van der Waals surface area contributed by atoms with E-state index in [1.165, 1.54) is 17.6 Å². The molecule has 2 N–H and O–H groups in total. The lowest BCUT2D eigenvalue weighted by atomic mass is 10.1. The Morgan fingerprint density at radius 1 is 1.42 bits per heavy atom. The lowest BCUT2D eigenvalue weighted by Gasteiger charge is -2.21. The number of rotatable bonds is 6. The summed E-state index contributed by atoms with van der Waals surface area (Å²) in [5.41, 5.74) is 1.97. The number of aryl methyl sites for hydroxylation is 1. The first-order valence-corrected chi connectivity index (χ1v) is 6.34. The van der Waals surface area contributed by atoms with Gasteiger partial charge in [-0.05, 0) is 24.1 Å². The van der Waals surface area contributed by atoms with Gasteiger partial charge >= 0.3 is 6.03 Å². The first-order valence-electron chi connectivity index (χ1n) is 6.34. The van der Waals surface area contributed by atoms with Crippen molar-refractivity contribution in [2.45, 2.75) is 19.4 Å². The standard InChI is InChI=1S/C14H22N2O3/c1-4-11-5-7-12(8-6-11)15-14(18)16(2)9-13(17)10-19-3/h5-8,13,17H,4,9-10H2,1-3H3,(H,15,18). The first-order chi connectivity index (χ1) is 9.06. The van der Waals surface area contributed by atoms with Crippen molar-refractivity contribution in [3.8, 4) is 0 Å². The quantitative estimate of drug-likeness (QED) is 0.824. The molecule has 0 aliphatic carbocycles. The molecule has 0 aliphatic rings. The highest BCUT2D eigenvalue weighted by Gasteiger charge is 2.13. The summed E-state index contributed by atoms with van der Waals surface area (Å²) in [6, 6.07) is 7.45. The number of carbonyl (C=O) groups excluding carboxylic acids is 1. The van der Waals surface area contributed by atoms with Crippen LogP contribution in [-0.4, -0.2) is 49.5 Å². The molecule has 1 atom stereocenters. The van der Waals surface area contributed by atoms with Gasteiger partial charge in [-0.25, -0.2) is 4.79 Å². The van der Waals surface area contributed by atoms with E-state index in [2.05, 4.69) is 12.2 Å². The second-order valence-corrected chi connectivity index (χ2v) is 4.47. The van der Waals surface area contributed by atoms with E-state index in [1.54, 1.807) is 7.05 Å². The number of hydrogen-bond acceptors (Lipinski definition) is 3. The zero-order valence-electron chi connectivity index (χ0n) is 11.7. The molecule has 0 radical (unpaired) electrons. The van der Waals surface area contributed by atoms with Crippen LogP contribution in [0.1, 0.15) is 12.5 Å². The molecule has 19 heavy (non-hydrogen) atoms. The van der Waals surface area contributed by atoms with Gasteiger partial charge in [-0.1, -0.05) is 19.1 Å². The van der Waals surface area contributed by atoms with Gasteiger partial charge in [0, 0.05) is 19.8 Å². The van der Waals surface area contributed by atoms with Gasteiger partial charge in [-0.3, -0.25) is 0 Å². The van der Waals surface area contributed by atoms with Gasteiger partial charge in [0.15, 0.2) is 0 Å². The maximum Gasteiger partial charge on any atom is 0.321 e. The normalized spacial score (nSPS) is 12.0. The van der Waals surface area contributed by atoms with Crippen molar-refractivity contribution in [1.29, 1.82) is 0 Å². The fourth-order valence-corrected chi connectivity index (χ4v) is 1.69. The largest absolute Gasteiger partial charge is 0.389 e. The van der Waals surface area contributed by atoms with Crippen LogP contribution in [0.3, 0.4) is 0 Å². The maximum atomic E-state index is 11.9. The minimum absolute atomic E-state index is 0.211. The highest BCUT2D eigenvalue weighted by atomic mass is 16.5. The van der Waals surface area contributed by atoms with Crippen molar-refractivity contribution < 1.29 is 14.6 Å². The van der Waals surface area contributed by atoms with Crippen molar-refractivity contribution in [2.75, 3.05) is 32.6 Å². The van der Waals surface area contributed by atoms with Crippen LogP contribution < -0.4 is 5.32 Å². The van der Waals surface area contributed by atoms with Gasteiger partial charge in [0.05, 0.1) is 19.3 Å². The van der Waals surface area contributed by atoms with Crippen molar-refractivity contribution >= 4 is 11.7 Å². The Labute approximate surface area is 114 Å². The van der Waals surface area contributed by atoms with E-state index in [9.17, 15) is 9.90 Å². The topological polar surface area (TPSA) is 61.8 Å². The van der Waals surface area contributed by atoms with Gasteiger partial charge in [0.1, 0.15) is 0 Å². The Balaban J connectivity index is 2.48. The highest BCUT2D eigenvalue weighted by molar-refractivity contribution is 5.89. The molecular formula is C14H22N2O3. The van der Waals surface area contributed by atoms with Gasteiger partial charge in [0.25, 0.3) is 0 Å². The number of ether oxygens (including phenoxy) is 1. The SMILES string of the molecule is CCc1ccc(NC(=O)N(C)CC(O)COC)cc1. The molecular weight excluding hydrogens is 244 g/mol. The molecule has 0 aliphatic heterocycles. The average Bonchev–Trinajstić information content (AvgIpc) is 2.39. The fourth-order valence-electron chi connectivity index (χ4n) is 1.69. The lowest BCUT2D eigenvalue weighted by Crippen LogP contribution is -2.38. The molecule has 1 aromatic rings. The van der Waals surface area contributed by atoms with E-state index in [4.69, 9.17) is 4.74 Å². The number of anilines is 1. The molecule has 2 amide bonds. The zero-order chi connectivity index (χ0) is 14.3. The Morgan fingerprint density at radius 2 is 2.05 bits per heavy atom.